The molecule has 142 valence electrons. The van der Waals surface area contributed by atoms with Crippen LogP contribution in [0.1, 0.15) is 36.5 Å². The summed E-state index contributed by atoms with van der Waals surface area (Å²) >= 11 is 0. The van der Waals surface area contributed by atoms with Crippen molar-refractivity contribution in [3.8, 4) is 0 Å². The molecule has 1 atom stereocenters. The minimum atomic E-state index is -0.659. The second-order valence-electron chi connectivity index (χ2n) is 6.65. The van der Waals surface area contributed by atoms with Gasteiger partial charge in [-0.05, 0) is 18.6 Å². The molecule has 6 heteroatoms. The number of oxime groups is 1. The molecule has 1 aliphatic heterocycles. The van der Waals surface area contributed by atoms with Crippen molar-refractivity contribution < 1.29 is 18.4 Å². The van der Waals surface area contributed by atoms with Gasteiger partial charge in [0.25, 0.3) is 0 Å². The maximum absolute atomic E-state index is 14.0. The summed E-state index contributed by atoms with van der Waals surface area (Å²) in [7, 11) is 0. The third-order valence-electron chi connectivity index (χ3n) is 4.64. The van der Waals surface area contributed by atoms with Crippen molar-refractivity contribution in [2.45, 2.75) is 39.3 Å². The topological polar surface area (TPSA) is 41.9 Å². The number of carbonyl (C=O) groups excluding carboxylic acids is 1. The molecule has 0 aromatic heterocycles. The molecule has 0 saturated heterocycles. The maximum Gasteiger partial charge on any atom is 0.222 e. The molecule has 0 unspecified atom stereocenters. The van der Waals surface area contributed by atoms with Crippen LogP contribution in [-0.2, 0) is 16.2 Å². The smallest absolute Gasteiger partial charge is 0.222 e. The summed E-state index contributed by atoms with van der Waals surface area (Å²) in [4.78, 5) is 19.4. The highest BCUT2D eigenvalue weighted by atomic mass is 19.1. The Kier molecular flexibility index (Phi) is 5.84. The summed E-state index contributed by atoms with van der Waals surface area (Å²) in [5.74, 6) is -1.42. The van der Waals surface area contributed by atoms with E-state index in [2.05, 4.69) is 5.16 Å². The highest BCUT2D eigenvalue weighted by Gasteiger charge is 2.27. The molecule has 0 radical (unpaired) electrons. The quantitative estimate of drug-likeness (QED) is 0.762. The first-order valence-electron chi connectivity index (χ1n) is 8.98. The SMILES string of the molecule is CCC(=O)N(Cc1ccc(F)cc1F)C[C@H]1CC(c2ccccc2C)=NO1. The van der Waals surface area contributed by atoms with E-state index in [-0.39, 0.29) is 24.1 Å². The van der Waals surface area contributed by atoms with Gasteiger partial charge in [0.2, 0.25) is 5.91 Å². The summed E-state index contributed by atoms with van der Waals surface area (Å²) in [6.45, 7) is 4.12. The van der Waals surface area contributed by atoms with Crippen molar-refractivity contribution in [3.05, 3.63) is 70.8 Å². The monoisotopic (exact) mass is 372 g/mol. The van der Waals surface area contributed by atoms with E-state index in [9.17, 15) is 13.6 Å². The number of hydrogen-bond donors (Lipinski definition) is 0. The minimum Gasteiger partial charge on any atom is -0.390 e. The Morgan fingerprint density at radius 1 is 1.26 bits per heavy atom. The van der Waals surface area contributed by atoms with Gasteiger partial charge < -0.3 is 9.74 Å². The van der Waals surface area contributed by atoms with Crippen LogP contribution in [0.5, 0.6) is 0 Å². The van der Waals surface area contributed by atoms with Gasteiger partial charge in [-0.15, -0.1) is 0 Å². The number of aryl methyl sites for hydroxylation is 1. The number of benzene rings is 2. The molecule has 0 N–H and O–H groups in total. The van der Waals surface area contributed by atoms with Gasteiger partial charge >= 0.3 is 0 Å². The Morgan fingerprint density at radius 3 is 2.74 bits per heavy atom. The first-order chi connectivity index (χ1) is 13.0. The largest absolute Gasteiger partial charge is 0.390 e. The highest BCUT2D eigenvalue weighted by Crippen LogP contribution is 2.21. The number of amides is 1. The number of hydrogen-bond acceptors (Lipinski definition) is 3. The molecule has 27 heavy (non-hydrogen) atoms. The van der Waals surface area contributed by atoms with Gasteiger partial charge in [0.15, 0.2) is 6.10 Å². The molecule has 3 rings (SSSR count). The van der Waals surface area contributed by atoms with Crippen molar-refractivity contribution in [2.24, 2.45) is 5.16 Å². The van der Waals surface area contributed by atoms with E-state index >= 15 is 0 Å². The highest BCUT2D eigenvalue weighted by molar-refractivity contribution is 6.02. The van der Waals surface area contributed by atoms with Crippen LogP contribution in [0.15, 0.2) is 47.6 Å². The van der Waals surface area contributed by atoms with Gasteiger partial charge in [-0.1, -0.05) is 42.4 Å². The average Bonchev–Trinajstić information content (AvgIpc) is 3.11. The van der Waals surface area contributed by atoms with Crippen LogP contribution in [0.2, 0.25) is 0 Å². The molecule has 0 bridgehead atoms. The summed E-state index contributed by atoms with van der Waals surface area (Å²) < 4.78 is 27.1. The van der Waals surface area contributed by atoms with Gasteiger partial charge in [-0.2, -0.15) is 0 Å². The molecule has 1 heterocycles. The van der Waals surface area contributed by atoms with Crippen LogP contribution >= 0.6 is 0 Å². The molecule has 2 aromatic rings. The molecule has 0 aliphatic carbocycles. The van der Waals surface area contributed by atoms with Gasteiger partial charge in [-0.3, -0.25) is 4.79 Å². The molecule has 1 amide bonds. The van der Waals surface area contributed by atoms with Gasteiger partial charge in [0, 0.05) is 36.6 Å². The molecule has 2 aromatic carbocycles. The Labute approximate surface area is 157 Å². The number of nitrogens with zero attached hydrogens (tertiary/aromatic N) is 2. The van der Waals surface area contributed by atoms with Crippen LogP contribution < -0.4 is 0 Å². The third kappa shape index (κ3) is 4.51. The average molecular weight is 372 g/mol. The third-order valence-corrected chi connectivity index (χ3v) is 4.64. The van der Waals surface area contributed by atoms with Crippen molar-refractivity contribution in [1.82, 2.24) is 4.90 Å². The first-order valence-corrected chi connectivity index (χ1v) is 8.98. The summed E-state index contributed by atoms with van der Waals surface area (Å²) in [5, 5.41) is 4.18. The number of carbonyl (C=O) groups is 1. The first kappa shape index (κ1) is 19.0. The summed E-state index contributed by atoms with van der Waals surface area (Å²) in [6, 6.07) is 11.3. The lowest BCUT2D eigenvalue weighted by atomic mass is 10.00. The van der Waals surface area contributed by atoms with E-state index in [1.54, 1.807) is 6.92 Å². The maximum atomic E-state index is 14.0. The predicted octanol–water partition coefficient (Wildman–Crippen LogP) is 4.21. The molecular formula is C21H22F2N2O2. The predicted molar refractivity (Wildman–Crippen MR) is 99.3 cm³/mol. The van der Waals surface area contributed by atoms with Crippen molar-refractivity contribution >= 4 is 11.6 Å². The van der Waals surface area contributed by atoms with E-state index in [0.717, 1.165) is 22.9 Å². The normalized spacial score (nSPS) is 16.0. The molecule has 0 spiro atoms. The zero-order valence-corrected chi connectivity index (χ0v) is 15.4. The van der Waals surface area contributed by atoms with Crippen LogP contribution in [0.4, 0.5) is 8.78 Å². The van der Waals surface area contributed by atoms with Crippen molar-refractivity contribution in [3.63, 3.8) is 0 Å². The lowest BCUT2D eigenvalue weighted by Gasteiger charge is -2.24. The van der Waals surface area contributed by atoms with Crippen molar-refractivity contribution in [1.29, 1.82) is 0 Å². The fraction of sp³-hybridized carbons (Fsp3) is 0.333. The van der Waals surface area contributed by atoms with Crippen molar-refractivity contribution in [2.75, 3.05) is 6.54 Å². The summed E-state index contributed by atoms with van der Waals surface area (Å²) in [6.07, 6.45) is 0.573. The fourth-order valence-corrected chi connectivity index (χ4v) is 3.16. The van der Waals surface area contributed by atoms with E-state index in [1.165, 1.54) is 17.0 Å². The van der Waals surface area contributed by atoms with E-state index in [0.29, 0.717) is 19.4 Å². The Bertz CT molecular complexity index is 867. The summed E-state index contributed by atoms with van der Waals surface area (Å²) in [5.41, 5.74) is 3.25. The Hall–Kier alpha value is -2.76. The zero-order chi connectivity index (χ0) is 19.4. The fourth-order valence-electron chi connectivity index (χ4n) is 3.16. The standard InChI is InChI=1S/C21H22F2N2O2/c1-3-21(26)25(12-15-8-9-16(22)10-19(15)23)13-17-11-20(24-27-17)18-7-5-4-6-14(18)2/h4-10,17H,3,11-13H2,1-2H3/t17-/m1/s1. The van der Waals surface area contributed by atoms with Crippen LogP contribution in [0.3, 0.4) is 0 Å². The van der Waals surface area contributed by atoms with Crippen LogP contribution in [0, 0.1) is 18.6 Å². The van der Waals surface area contributed by atoms with E-state index < -0.39 is 11.6 Å². The lowest BCUT2D eigenvalue weighted by Crippen LogP contribution is -2.37. The van der Waals surface area contributed by atoms with Gasteiger partial charge in [-0.25, -0.2) is 8.78 Å². The molecule has 0 fully saturated rings. The van der Waals surface area contributed by atoms with Crippen LogP contribution in [-0.4, -0.2) is 29.2 Å². The second-order valence-corrected chi connectivity index (χ2v) is 6.65. The molecule has 1 aliphatic rings. The van der Waals surface area contributed by atoms with Gasteiger partial charge in [0.1, 0.15) is 11.6 Å². The number of rotatable bonds is 6. The zero-order valence-electron chi connectivity index (χ0n) is 15.4. The molecule has 4 nitrogen and oxygen atoms in total. The molecule has 0 saturated carbocycles. The van der Waals surface area contributed by atoms with Crippen LogP contribution in [0.25, 0.3) is 0 Å². The lowest BCUT2D eigenvalue weighted by molar-refractivity contribution is -0.133. The minimum absolute atomic E-state index is 0.0678. The Balaban J connectivity index is 1.69. The second kappa shape index (κ2) is 8.29. The Morgan fingerprint density at radius 2 is 2.04 bits per heavy atom. The van der Waals surface area contributed by atoms with E-state index in [4.69, 9.17) is 4.84 Å². The number of halogens is 2. The molecular weight excluding hydrogens is 350 g/mol. The van der Waals surface area contributed by atoms with E-state index in [1.807, 2.05) is 31.2 Å². The van der Waals surface area contributed by atoms with Gasteiger partial charge in [0.05, 0.1) is 12.3 Å².